The lowest BCUT2D eigenvalue weighted by Gasteiger charge is -2.27. The van der Waals surface area contributed by atoms with Gasteiger partial charge in [-0.3, -0.25) is 9.69 Å². The Hall–Kier alpha value is -4.49. The number of aryl methyl sites for hydroxylation is 1. The van der Waals surface area contributed by atoms with Crippen molar-refractivity contribution in [2.24, 2.45) is 0 Å². The number of alkyl halides is 3. The van der Waals surface area contributed by atoms with Crippen molar-refractivity contribution in [2.45, 2.75) is 44.4 Å². The number of carbonyl (C=O) groups is 1. The van der Waals surface area contributed by atoms with E-state index in [4.69, 9.17) is 14.6 Å². The van der Waals surface area contributed by atoms with Crippen molar-refractivity contribution in [3.8, 4) is 28.7 Å². The third-order valence-corrected chi connectivity index (χ3v) is 6.89. The lowest BCUT2D eigenvalue weighted by molar-refractivity contribution is -0.141. The predicted octanol–water partition coefficient (Wildman–Crippen LogP) is 4.52. The Morgan fingerprint density at radius 2 is 1.85 bits per heavy atom. The fourth-order valence-corrected chi connectivity index (χ4v) is 4.81. The number of hydrogen-bond donors (Lipinski definition) is 0. The highest BCUT2D eigenvalue weighted by Gasteiger charge is 2.36. The van der Waals surface area contributed by atoms with E-state index in [9.17, 15) is 18.0 Å². The summed E-state index contributed by atoms with van der Waals surface area (Å²) < 4.78 is 67.6. The van der Waals surface area contributed by atoms with Crippen LogP contribution in [-0.2, 0) is 24.1 Å². The van der Waals surface area contributed by atoms with Gasteiger partial charge in [-0.1, -0.05) is 6.07 Å². The third kappa shape index (κ3) is 4.52. The van der Waals surface area contributed by atoms with E-state index in [1.807, 2.05) is 0 Å². The third-order valence-electron chi connectivity index (χ3n) is 6.89. The summed E-state index contributed by atoms with van der Waals surface area (Å²) in [6.45, 7) is 0.385. The van der Waals surface area contributed by atoms with Gasteiger partial charge in [0.05, 0.1) is 38.6 Å². The number of methoxy groups -OCH3 is 2. The first-order chi connectivity index (χ1) is 19.2. The van der Waals surface area contributed by atoms with Gasteiger partial charge in [0.25, 0.3) is 0 Å². The lowest BCUT2D eigenvalue weighted by atomic mass is 10.1. The molecule has 6 rings (SSSR count). The van der Waals surface area contributed by atoms with Crippen LogP contribution in [0.3, 0.4) is 0 Å². The van der Waals surface area contributed by atoms with E-state index in [-0.39, 0.29) is 30.4 Å². The second-order valence-electron chi connectivity index (χ2n) is 9.53. The molecule has 0 radical (unpaired) electrons. The summed E-state index contributed by atoms with van der Waals surface area (Å²) >= 11 is 0. The Bertz CT molecular complexity index is 1610. The van der Waals surface area contributed by atoms with E-state index < -0.39 is 17.7 Å². The average Bonchev–Trinajstić information content (AvgIpc) is 3.53. The number of nitrogens with zero attached hydrogens (tertiary/aromatic N) is 7. The molecule has 14 heteroatoms. The van der Waals surface area contributed by atoms with E-state index in [1.165, 1.54) is 37.6 Å². The predicted molar refractivity (Wildman–Crippen MR) is 133 cm³/mol. The summed E-state index contributed by atoms with van der Waals surface area (Å²) in [6.07, 6.45) is -1.05. The van der Waals surface area contributed by atoms with Crippen molar-refractivity contribution in [1.82, 2.24) is 29.5 Å². The first-order valence-corrected chi connectivity index (χ1v) is 12.5. The summed E-state index contributed by atoms with van der Waals surface area (Å²) in [5, 5.41) is 8.18. The van der Waals surface area contributed by atoms with Gasteiger partial charge in [-0.05, 0) is 30.5 Å². The molecule has 0 unspecified atom stereocenters. The normalized spacial score (nSPS) is 15.3. The minimum Gasteiger partial charge on any atom is -0.481 e. The maximum absolute atomic E-state index is 15.2. The number of ether oxygens (including phenoxy) is 2. The molecule has 1 amide bonds. The molecule has 0 saturated heterocycles. The van der Waals surface area contributed by atoms with E-state index >= 15 is 4.39 Å². The Kier molecular flexibility index (Phi) is 6.19. The van der Waals surface area contributed by atoms with Gasteiger partial charge in [-0.25, -0.2) is 19.0 Å². The molecule has 2 aliphatic rings. The second-order valence-corrected chi connectivity index (χ2v) is 9.53. The molecule has 1 aliphatic carbocycles. The van der Waals surface area contributed by atoms with E-state index in [2.05, 4.69) is 15.1 Å². The molecule has 3 aromatic heterocycles. The van der Waals surface area contributed by atoms with Crippen molar-refractivity contribution in [1.29, 1.82) is 0 Å². The van der Waals surface area contributed by atoms with Crippen molar-refractivity contribution in [3.63, 3.8) is 0 Å². The summed E-state index contributed by atoms with van der Waals surface area (Å²) in [4.78, 5) is 23.2. The van der Waals surface area contributed by atoms with Crippen molar-refractivity contribution in [3.05, 3.63) is 59.4 Å². The van der Waals surface area contributed by atoms with Crippen LogP contribution < -0.4 is 14.4 Å². The zero-order chi connectivity index (χ0) is 28.2. The highest BCUT2D eigenvalue weighted by Crippen LogP contribution is 2.46. The topological polar surface area (TPSA) is 100 Å². The average molecular weight is 558 g/mol. The van der Waals surface area contributed by atoms with Gasteiger partial charge in [0, 0.05) is 24.5 Å². The zero-order valence-corrected chi connectivity index (χ0v) is 21.4. The first-order valence-electron chi connectivity index (χ1n) is 12.5. The largest absolute Gasteiger partial charge is 0.481 e. The Labute approximate surface area is 225 Å². The maximum Gasteiger partial charge on any atom is 0.435 e. The van der Waals surface area contributed by atoms with Gasteiger partial charge >= 0.3 is 6.18 Å². The Balaban J connectivity index is 1.32. The number of amides is 1. The molecule has 0 atom stereocenters. The highest BCUT2D eigenvalue weighted by molar-refractivity contribution is 5.94. The minimum absolute atomic E-state index is 0.0170. The van der Waals surface area contributed by atoms with Crippen LogP contribution in [-0.4, -0.2) is 49.7 Å². The summed E-state index contributed by atoms with van der Waals surface area (Å²) in [7, 11) is 2.69. The molecule has 1 aromatic carbocycles. The van der Waals surface area contributed by atoms with Crippen molar-refractivity contribution in [2.75, 3.05) is 19.1 Å². The van der Waals surface area contributed by atoms with Gasteiger partial charge in [0.1, 0.15) is 29.3 Å². The molecule has 208 valence electrons. The van der Waals surface area contributed by atoms with Gasteiger partial charge in [0.15, 0.2) is 5.69 Å². The molecule has 1 fully saturated rings. The second kappa shape index (κ2) is 9.61. The van der Waals surface area contributed by atoms with Crippen LogP contribution in [0, 0.1) is 5.82 Å². The van der Waals surface area contributed by atoms with Gasteiger partial charge in [-0.2, -0.15) is 28.1 Å². The Morgan fingerprint density at radius 1 is 1.05 bits per heavy atom. The number of carbonyl (C=O) groups excluding carboxylic acids is 1. The fourth-order valence-electron chi connectivity index (χ4n) is 4.81. The summed E-state index contributed by atoms with van der Waals surface area (Å²) in [6, 6.07) is 6.44. The number of aromatic nitrogens is 6. The SMILES string of the molecule is COc1ncnc(C2CC2)c1-c1cc2n(n1)CCC(=O)N2Cc1ccc(-n2nc(C(F)(F)F)cc2OC)c(F)c1. The molecular formula is C26H23F4N7O3. The molecule has 0 spiro atoms. The van der Waals surface area contributed by atoms with E-state index in [1.54, 1.807) is 10.7 Å². The van der Waals surface area contributed by atoms with Crippen molar-refractivity contribution < 1.29 is 31.8 Å². The maximum atomic E-state index is 15.2. The van der Waals surface area contributed by atoms with Crippen LogP contribution in [0.15, 0.2) is 36.7 Å². The molecule has 10 nitrogen and oxygen atoms in total. The van der Waals surface area contributed by atoms with Gasteiger partial charge < -0.3 is 9.47 Å². The van der Waals surface area contributed by atoms with Crippen LogP contribution in [0.5, 0.6) is 11.8 Å². The van der Waals surface area contributed by atoms with Crippen LogP contribution in [0.1, 0.15) is 42.1 Å². The molecule has 40 heavy (non-hydrogen) atoms. The van der Waals surface area contributed by atoms with E-state index in [0.717, 1.165) is 29.3 Å². The van der Waals surface area contributed by atoms with Crippen LogP contribution in [0.4, 0.5) is 23.4 Å². The van der Waals surface area contributed by atoms with Crippen molar-refractivity contribution >= 4 is 11.7 Å². The summed E-state index contributed by atoms with van der Waals surface area (Å²) in [5.41, 5.74) is 1.09. The molecule has 4 heterocycles. The van der Waals surface area contributed by atoms with E-state index in [0.29, 0.717) is 47.0 Å². The van der Waals surface area contributed by atoms with Crippen LogP contribution >= 0.6 is 0 Å². The van der Waals surface area contributed by atoms with Crippen LogP contribution in [0.25, 0.3) is 16.9 Å². The number of rotatable bonds is 7. The molecule has 1 saturated carbocycles. The fraction of sp³-hybridized carbons (Fsp3) is 0.346. The smallest absolute Gasteiger partial charge is 0.435 e. The lowest BCUT2D eigenvalue weighted by Crippen LogP contribution is -2.36. The zero-order valence-electron chi connectivity index (χ0n) is 21.4. The highest BCUT2D eigenvalue weighted by atomic mass is 19.4. The molecule has 1 aliphatic heterocycles. The molecular weight excluding hydrogens is 534 g/mol. The number of halogens is 4. The quantitative estimate of drug-likeness (QED) is 0.308. The summed E-state index contributed by atoms with van der Waals surface area (Å²) in [5.74, 6) is -0.0623. The molecule has 0 bridgehead atoms. The number of benzene rings is 1. The molecule has 4 aromatic rings. The number of fused-ring (bicyclic) bond motifs is 1. The van der Waals surface area contributed by atoms with Crippen LogP contribution in [0.2, 0.25) is 0 Å². The monoisotopic (exact) mass is 557 g/mol. The number of hydrogen-bond acceptors (Lipinski definition) is 7. The minimum atomic E-state index is -4.72. The first kappa shape index (κ1) is 25.8. The van der Waals surface area contributed by atoms with Gasteiger partial charge in [0.2, 0.25) is 17.7 Å². The number of anilines is 1. The Morgan fingerprint density at radius 3 is 2.52 bits per heavy atom. The van der Waals surface area contributed by atoms with Gasteiger partial charge in [-0.15, -0.1) is 0 Å². The standard InChI is InChI=1S/C26H23F4N7O3/c1-39-22-11-19(26(28,29)30)34-37(22)18-6-3-14(9-16(18)27)12-35-20-10-17(33-36(20)8-7-21(35)38)23-24(15-4-5-15)31-13-32-25(23)40-2/h3,6,9-11,13,15H,4-5,7-8,12H2,1-2H3. The molecule has 0 N–H and O–H groups in total.